The van der Waals surface area contributed by atoms with Crippen molar-refractivity contribution in [3.8, 4) is 0 Å². The van der Waals surface area contributed by atoms with Crippen LogP contribution in [0, 0.1) is 12.8 Å². The van der Waals surface area contributed by atoms with Gasteiger partial charge in [-0.2, -0.15) is 0 Å². The Balaban J connectivity index is 1.57. The van der Waals surface area contributed by atoms with Gasteiger partial charge in [0, 0.05) is 71.2 Å². The lowest BCUT2D eigenvalue weighted by Gasteiger charge is -2.30. The molecule has 0 aromatic carbocycles. The third-order valence-corrected chi connectivity index (χ3v) is 5.31. The van der Waals surface area contributed by atoms with Crippen LogP contribution in [0.25, 0.3) is 0 Å². The van der Waals surface area contributed by atoms with Crippen molar-refractivity contribution >= 4 is 5.91 Å². The topological polar surface area (TPSA) is 52.6 Å². The summed E-state index contributed by atoms with van der Waals surface area (Å²) >= 11 is 0. The van der Waals surface area contributed by atoms with E-state index in [9.17, 15) is 4.79 Å². The minimum absolute atomic E-state index is 0.205. The van der Waals surface area contributed by atoms with Crippen molar-refractivity contribution in [1.82, 2.24) is 24.7 Å². The fraction of sp³-hybridized carbons (Fsp3) is 0.722. The molecule has 3 rings (SSSR count). The van der Waals surface area contributed by atoms with Crippen LogP contribution in [-0.4, -0.2) is 75.9 Å². The van der Waals surface area contributed by atoms with Crippen molar-refractivity contribution in [1.29, 1.82) is 0 Å². The predicted molar refractivity (Wildman–Crippen MR) is 93.4 cm³/mol. The molecule has 6 heteroatoms. The Hall–Kier alpha value is -1.53. The SMILES string of the molecule is CC(=O)N1CCCN([C@H]2CN(Cc3cnc(C)cn3)C[C@@H]2C)CC1. The molecule has 2 aliphatic rings. The van der Waals surface area contributed by atoms with Gasteiger partial charge in [0.05, 0.1) is 11.4 Å². The Morgan fingerprint density at radius 1 is 1.17 bits per heavy atom. The summed E-state index contributed by atoms with van der Waals surface area (Å²) in [5, 5.41) is 0. The normalized spacial score (nSPS) is 26.5. The quantitative estimate of drug-likeness (QED) is 0.832. The van der Waals surface area contributed by atoms with Crippen LogP contribution in [0.1, 0.15) is 31.7 Å². The Morgan fingerprint density at radius 3 is 2.71 bits per heavy atom. The third kappa shape index (κ3) is 4.11. The highest BCUT2D eigenvalue weighted by atomic mass is 16.2. The van der Waals surface area contributed by atoms with E-state index in [-0.39, 0.29) is 5.91 Å². The zero-order valence-electron chi connectivity index (χ0n) is 15.1. The van der Waals surface area contributed by atoms with E-state index in [1.54, 1.807) is 6.92 Å². The van der Waals surface area contributed by atoms with Gasteiger partial charge in [0.25, 0.3) is 0 Å². The van der Waals surface area contributed by atoms with Crippen LogP contribution in [0.2, 0.25) is 0 Å². The van der Waals surface area contributed by atoms with Crippen LogP contribution < -0.4 is 0 Å². The molecule has 2 atom stereocenters. The van der Waals surface area contributed by atoms with E-state index in [2.05, 4.69) is 26.7 Å². The number of hydrogen-bond acceptors (Lipinski definition) is 5. The first-order valence-electron chi connectivity index (χ1n) is 9.02. The van der Waals surface area contributed by atoms with Crippen molar-refractivity contribution in [3.63, 3.8) is 0 Å². The molecule has 0 bridgehead atoms. The van der Waals surface area contributed by atoms with Crippen molar-refractivity contribution in [2.45, 2.75) is 39.8 Å². The molecule has 0 saturated carbocycles. The maximum absolute atomic E-state index is 11.6. The van der Waals surface area contributed by atoms with Crippen molar-refractivity contribution in [2.75, 3.05) is 39.3 Å². The minimum Gasteiger partial charge on any atom is -0.342 e. The molecule has 2 aliphatic heterocycles. The molecule has 1 aromatic rings. The minimum atomic E-state index is 0.205. The lowest BCUT2D eigenvalue weighted by Crippen LogP contribution is -2.42. The van der Waals surface area contributed by atoms with E-state index in [1.807, 2.05) is 24.2 Å². The molecule has 0 unspecified atom stereocenters. The summed E-state index contributed by atoms with van der Waals surface area (Å²) in [5.74, 6) is 0.850. The van der Waals surface area contributed by atoms with Gasteiger partial charge >= 0.3 is 0 Å². The predicted octanol–water partition coefficient (Wildman–Crippen LogP) is 1.16. The highest BCUT2D eigenvalue weighted by Gasteiger charge is 2.34. The number of rotatable bonds is 3. The van der Waals surface area contributed by atoms with E-state index in [1.165, 1.54) is 0 Å². The Labute approximate surface area is 144 Å². The molecule has 2 saturated heterocycles. The molecule has 2 fully saturated rings. The smallest absolute Gasteiger partial charge is 0.219 e. The number of amides is 1. The number of carbonyl (C=O) groups excluding carboxylic acids is 1. The monoisotopic (exact) mass is 331 g/mol. The number of aryl methyl sites for hydroxylation is 1. The van der Waals surface area contributed by atoms with Gasteiger partial charge in [0.1, 0.15) is 0 Å². The van der Waals surface area contributed by atoms with Crippen molar-refractivity contribution < 1.29 is 4.79 Å². The second-order valence-corrected chi connectivity index (χ2v) is 7.28. The largest absolute Gasteiger partial charge is 0.342 e. The van der Waals surface area contributed by atoms with E-state index in [0.717, 1.165) is 63.6 Å². The Morgan fingerprint density at radius 2 is 2.00 bits per heavy atom. The second-order valence-electron chi connectivity index (χ2n) is 7.28. The highest BCUT2D eigenvalue weighted by Crippen LogP contribution is 2.24. The van der Waals surface area contributed by atoms with E-state index in [0.29, 0.717) is 12.0 Å². The summed E-state index contributed by atoms with van der Waals surface area (Å²) in [7, 11) is 0. The molecular weight excluding hydrogens is 302 g/mol. The third-order valence-electron chi connectivity index (χ3n) is 5.31. The summed E-state index contributed by atoms with van der Waals surface area (Å²) < 4.78 is 0. The molecule has 6 nitrogen and oxygen atoms in total. The lowest BCUT2D eigenvalue weighted by molar-refractivity contribution is -0.128. The van der Waals surface area contributed by atoms with Crippen LogP contribution in [0.5, 0.6) is 0 Å². The average molecular weight is 331 g/mol. The van der Waals surface area contributed by atoms with Crippen LogP contribution in [0.3, 0.4) is 0 Å². The number of nitrogens with zero attached hydrogens (tertiary/aromatic N) is 5. The summed E-state index contributed by atoms with van der Waals surface area (Å²) in [6.07, 6.45) is 4.81. The van der Waals surface area contributed by atoms with Crippen LogP contribution >= 0.6 is 0 Å². The van der Waals surface area contributed by atoms with Gasteiger partial charge < -0.3 is 4.90 Å². The summed E-state index contributed by atoms with van der Waals surface area (Å²) in [6.45, 7) is 12.9. The molecule has 0 spiro atoms. The summed E-state index contributed by atoms with van der Waals surface area (Å²) in [5.41, 5.74) is 2.01. The van der Waals surface area contributed by atoms with Crippen LogP contribution in [0.4, 0.5) is 0 Å². The molecule has 1 amide bonds. The second kappa shape index (κ2) is 7.57. The first-order chi connectivity index (χ1) is 11.5. The van der Waals surface area contributed by atoms with Crippen LogP contribution in [0.15, 0.2) is 12.4 Å². The lowest BCUT2D eigenvalue weighted by atomic mass is 10.0. The van der Waals surface area contributed by atoms with Crippen molar-refractivity contribution in [2.24, 2.45) is 5.92 Å². The zero-order chi connectivity index (χ0) is 17.1. The van der Waals surface area contributed by atoms with E-state index >= 15 is 0 Å². The van der Waals surface area contributed by atoms with E-state index in [4.69, 9.17) is 0 Å². The van der Waals surface area contributed by atoms with Gasteiger partial charge in [0.2, 0.25) is 5.91 Å². The van der Waals surface area contributed by atoms with Gasteiger partial charge in [-0.25, -0.2) is 0 Å². The highest BCUT2D eigenvalue weighted by molar-refractivity contribution is 5.73. The Bertz CT molecular complexity index is 561. The fourth-order valence-electron chi connectivity index (χ4n) is 3.97. The molecule has 0 aliphatic carbocycles. The van der Waals surface area contributed by atoms with Crippen molar-refractivity contribution in [3.05, 3.63) is 23.8 Å². The average Bonchev–Trinajstić information content (AvgIpc) is 2.76. The summed E-state index contributed by atoms with van der Waals surface area (Å²) in [6, 6.07) is 0.579. The molecule has 3 heterocycles. The maximum atomic E-state index is 11.6. The Kier molecular flexibility index (Phi) is 5.46. The molecular formula is C18H29N5O. The van der Waals surface area contributed by atoms with Gasteiger partial charge in [-0.1, -0.05) is 6.92 Å². The van der Waals surface area contributed by atoms with Gasteiger partial charge in [-0.05, 0) is 19.3 Å². The molecule has 1 aromatic heterocycles. The van der Waals surface area contributed by atoms with Crippen LogP contribution in [-0.2, 0) is 11.3 Å². The number of likely N-dealkylation sites (tertiary alicyclic amines) is 1. The molecule has 24 heavy (non-hydrogen) atoms. The first-order valence-corrected chi connectivity index (χ1v) is 9.02. The molecule has 0 radical (unpaired) electrons. The number of carbonyl (C=O) groups is 1. The number of aromatic nitrogens is 2. The van der Waals surface area contributed by atoms with Gasteiger partial charge in [-0.15, -0.1) is 0 Å². The number of hydrogen-bond donors (Lipinski definition) is 0. The maximum Gasteiger partial charge on any atom is 0.219 e. The fourth-order valence-corrected chi connectivity index (χ4v) is 3.97. The van der Waals surface area contributed by atoms with Gasteiger partial charge in [0.15, 0.2) is 0 Å². The standard InChI is InChI=1S/C18H29N5O/c1-14-11-21(12-17-10-19-15(2)9-20-17)13-18(14)23-6-4-5-22(7-8-23)16(3)24/h9-10,14,18H,4-8,11-13H2,1-3H3/t14-,18-/m0/s1. The first kappa shape index (κ1) is 17.3. The zero-order valence-corrected chi connectivity index (χ0v) is 15.1. The van der Waals surface area contributed by atoms with E-state index < -0.39 is 0 Å². The molecule has 132 valence electrons. The van der Waals surface area contributed by atoms with Gasteiger partial charge in [-0.3, -0.25) is 24.6 Å². The summed E-state index contributed by atoms with van der Waals surface area (Å²) in [4.78, 5) is 27.5. The molecule has 0 N–H and O–H groups in total.